The summed E-state index contributed by atoms with van der Waals surface area (Å²) < 4.78 is 0. The van der Waals surface area contributed by atoms with Crippen molar-refractivity contribution in [3.05, 3.63) is 42.8 Å². The van der Waals surface area contributed by atoms with Crippen molar-refractivity contribution >= 4 is 39.9 Å². The van der Waals surface area contributed by atoms with E-state index in [1.54, 1.807) is 0 Å². The van der Waals surface area contributed by atoms with Crippen molar-refractivity contribution in [3.8, 4) is 11.8 Å². The second kappa shape index (κ2) is 18.1. The summed E-state index contributed by atoms with van der Waals surface area (Å²) in [5.74, 6) is 5.57. The van der Waals surface area contributed by atoms with Crippen LogP contribution in [0, 0.1) is 49.4 Å². The van der Waals surface area contributed by atoms with E-state index in [1.807, 2.05) is 18.2 Å². The molecule has 0 heterocycles. The average molecular weight is 494 g/mol. The van der Waals surface area contributed by atoms with Gasteiger partial charge in [0.05, 0.1) is 0 Å². The van der Waals surface area contributed by atoms with Crippen LogP contribution < -0.4 is 17.0 Å². The first-order valence-electron chi connectivity index (χ1n) is 4.29. The first-order chi connectivity index (χ1) is 7.16. The fourth-order valence-electron chi connectivity index (χ4n) is 0.940. The van der Waals surface area contributed by atoms with E-state index in [1.165, 1.54) is 5.56 Å². The van der Waals surface area contributed by atoms with E-state index in [0.717, 1.165) is 12.8 Å². The summed E-state index contributed by atoms with van der Waals surface area (Å²) in [6.45, 7) is 3.46. The molecule has 0 radical (unpaired) electrons. The van der Waals surface area contributed by atoms with Gasteiger partial charge in [-0.2, -0.15) is 6.92 Å². The van der Waals surface area contributed by atoms with Crippen molar-refractivity contribution in [1.29, 1.82) is 0 Å². The number of rotatable bonds is 2. The predicted molar refractivity (Wildman–Crippen MR) is 71.2 cm³/mol. The van der Waals surface area contributed by atoms with Crippen molar-refractivity contribution in [2.75, 3.05) is 0 Å². The Morgan fingerprint density at radius 3 is 2.00 bits per heavy atom. The van der Waals surface area contributed by atoms with Gasteiger partial charge < -0.3 is 22.9 Å². The largest absolute Gasteiger partial charge is 2.00 e. The Labute approximate surface area is 152 Å². The molecule has 0 fully saturated rings. The zero-order chi connectivity index (χ0) is 11.5. The van der Waals surface area contributed by atoms with Gasteiger partial charge in [0.15, 0.2) is 0 Å². The molecule has 1 aromatic rings. The van der Waals surface area contributed by atoms with Crippen molar-refractivity contribution in [3.63, 3.8) is 0 Å². The molecule has 0 unspecified atom stereocenters. The van der Waals surface area contributed by atoms with E-state index in [-0.39, 0.29) is 40.0 Å². The summed E-state index contributed by atoms with van der Waals surface area (Å²) in [5, 5.41) is 0. The molecule has 0 spiro atoms. The topological polar surface area (TPSA) is 0 Å². The fraction of sp³-hybridized carbons (Fsp3) is 0.182. The molecule has 1 rings (SSSR count). The third kappa shape index (κ3) is 20.6. The van der Waals surface area contributed by atoms with E-state index in [9.17, 15) is 0 Å². The molecule has 89 valence electrons. The summed E-state index contributed by atoms with van der Waals surface area (Å²) in [7, 11) is 0. The predicted octanol–water partition coefficient (Wildman–Crippen LogP) is 1.15. The number of hydrogen-bond acceptors (Lipinski definition) is 0. The van der Waals surface area contributed by atoms with Crippen LogP contribution in [0.5, 0.6) is 0 Å². The molecule has 0 saturated heterocycles. The Kier molecular flexibility index (Phi) is 25.8. The van der Waals surface area contributed by atoms with E-state index < -0.39 is 30.7 Å². The van der Waals surface area contributed by atoms with Crippen LogP contribution in [0.1, 0.15) is 12.0 Å². The zero-order valence-electron chi connectivity index (χ0n) is 9.23. The first-order valence-corrected chi connectivity index (χ1v) is 16.1. The van der Waals surface area contributed by atoms with Crippen LogP contribution in [0.4, 0.5) is 0 Å². The summed E-state index contributed by atoms with van der Waals surface area (Å²) in [5.41, 5.74) is 16.4. The number of aryl methyl sites for hydroxylation is 1. The van der Waals surface area contributed by atoms with Crippen molar-refractivity contribution in [2.24, 2.45) is 0 Å². The van der Waals surface area contributed by atoms with Gasteiger partial charge in [0.25, 0.3) is 0 Å². The van der Waals surface area contributed by atoms with Gasteiger partial charge in [-0.1, -0.05) is 36.8 Å². The minimum absolute atomic E-state index is 0. The molecule has 0 nitrogen and oxygen atoms in total. The summed E-state index contributed by atoms with van der Waals surface area (Å²) >= 11 is -2.24. The van der Waals surface area contributed by atoms with Crippen LogP contribution >= 0.6 is 16.9 Å². The van der Waals surface area contributed by atoms with E-state index >= 15 is 0 Å². The molecule has 0 saturated carbocycles. The van der Waals surface area contributed by atoms with Gasteiger partial charge >= 0.3 is 70.6 Å². The van der Waals surface area contributed by atoms with Gasteiger partial charge in [0.2, 0.25) is 0 Å². The fourth-order valence-corrected chi connectivity index (χ4v) is 0.940. The maximum absolute atomic E-state index is 5.02. The van der Waals surface area contributed by atoms with Crippen molar-refractivity contribution in [2.45, 2.75) is 12.8 Å². The summed E-state index contributed by atoms with van der Waals surface area (Å²) in [4.78, 5) is 0. The zero-order valence-corrected chi connectivity index (χ0v) is 17.6. The maximum Gasteiger partial charge on any atom is 2.00 e. The monoisotopic (exact) mass is 491 g/mol. The van der Waals surface area contributed by atoms with Gasteiger partial charge in [-0.25, -0.2) is 0 Å². The second-order valence-corrected chi connectivity index (χ2v) is 16.4. The second-order valence-electron chi connectivity index (χ2n) is 2.55. The van der Waals surface area contributed by atoms with Crippen LogP contribution in [0.3, 0.4) is 0 Å². The molecule has 0 aromatic heterocycles. The van der Waals surface area contributed by atoms with Crippen LogP contribution in [-0.2, 0) is 6.42 Å². The van der Waals surface area contributed by atoms with Crippen LogP contribution in [0.2, 0.25) is 0 Å². The van der Waals surface area contributed by atoms with Gasteiger partial charge in [0.1, 0.15) is 0 Å². The SMILES string of the molecule is [Br-].[CH2-]C#CCCc1ccccc1.[Cl][Ce]([Cl])[Cl].[Mg+2]. The van der Waals surface area contributed by atoms with Gasteiger partial charge in [0, 0.05) is 0 Å². The number of hydrogen-bond donors (Lipinski definition) is 0. The normalized spacial score (nSPS) is 7.00. The van der Waals surface area contributed by atoms with Gasteiger partial charge in [-0.3, -0.25) is 5.92 Å². The number of halogens is 4. The van der Waals surface area contributed by atoms with Gasteiger partial charge in [-0.05, 0) is 12.0 Å². The van der Waals surface area contributed by atoms with E-state index in [4.69, 9.17) is 16.9 Å². The molecule has 0 aliphatic rings. The molecular formula is C11H11BrCeCl3Mg. The standard InChI is InChI=1S/C11H11.BrH.Ce.3ClH.Mg/c1-2-3-5-8-11-9-6-4-7-10-11;;;;;;/h4,6-7,9-10H,1,5,8H2;1H;;3*1H;/q-1;;+3;;;;+2/p-4. The maximum atomic E-state index is 5.02. The molecule has 6 heteroatoms. The molecular weight excluding hydrogens is 483 g/mol. The Bertz CT molecular complexity index is 309. The van der Waals surface area contributed by atoms with Crippen LogP contribution in [0.25, 0.3) is 0 Å². The quantitative estimate of drug-likeness (QED) is 0.329. The Hall–Kier alpha value is 2.14. The molecule has 0 amide bonds. The molecule has 0 aliphatic heterocycles. The Morgan fingerprint density at radius 1 is 1.12 bits per heavy atom. The molecule has 1 aromatic carbocycles. The minimum Gasteiger partial charge on any atom is 2.00 e. The smallest absolute Gasteiger partial charge is 2.00 e. The Morgan fingerprint density at radius 2 is 1.59 bits per heavy atom. The van der Waals surface area contributed by atoms with Gasteiger partial charge in [-0.15, -0.1) is 0 Å². The molecule has 0 bridgehead atoms. The summed E-state index contributed by atoms with van der Waals surface area (Å²) in [6, 6.07) is 10.4. The number of benzene rings is 1. The third-order valence-corrected chi connectivity index (χ3v) is 1.51. The van der Waals surface area contributed by atoms with E-state index in [2.05, 4.69) is 30.9 Å². The first kappa shape index (κ1) is 24.2. The summed E-state index contributed by atoms with van der Waals surface area (Å²) in [6.07, 6.45) is 1.94. The molecule has 0 N–H and O–H groups in total. The molecule has 0 atom stereocenters. The van der Waals surface area contributed by atoms with Crippen LogP contribution in [0.15, 0.2) is 30.3 Å². The Balaban J connectivity index is -0.000000289. The van der Waals surface area contributed by atoms with Crippen LogP contribution in [-0.4, -0.2) is 23.1 Å². The minimum atomic E-state index is -2.24. The molecule has 0 aliphatic carbocycles. The van der Waals surface area contributed by atoms with Crippen molar-refractivity contribution in [1.82, 2.24) is 0 Å². The third-order valence-electron chi connectivity index (χ3n) is 1.51. The molecule has 17 heavy (non-hydrogen) atoms. The van der Waals surface area contributed by atoms with E-state index in [0.29, 0.717) is 0 Å². The van der Waals surface area contributed by atoms with Crippen molar-refractivity contribution < 1.29 is 47.6 Å². The average Bonchev–Trinajstić information content (AvgIpc) is 2.19.